The van der Waals surface area contributed by atoms with E-state index in [1.165, 1.54) is 12.8 Å². The first kappa shape index (κ1) is 24.9. The van der Waals surface area contributed by atoms with Crippen LogP contribution >= 0.6 is 0 Å². The first-order valence-electron chi connectivity index (χ1n) is 6.48. The Balaban J connectivity index is -0.0000000778. The van der Waals surface area contributed by atoms with Crippen LogP contribution in [0.15, 0.2) is 0 Å². The van der Waals surface area contributed by atoms with Crippen molar-refractivity contribution in [3.63, 3.8) is 0 Å². The van der Waals surface area contributed by atoms with Gasteiger partial charge in [0.15, 0.2) is 0 Å². The fourth-order valence-corrected chi connectivity index (χ4v) is 1.31. The SMILES string of the molecule is CC.CC.CCO.CC[C@H]1CCO[C@H]1C.O. The lowest BCUT2D eigenvalue weighted by Gasteiger charge is -2.09. The molecule has 0 spiro atoms. The van der Waals surface area contributed by atoms with Gasteiger partial charge in [-0.2, -0.15) is 0 Å². The summed E-state index contributed by atoms with van der Waals surface area (Å²) in [6.07, 6.45) is 3.08. The van der Waals surface area contributed by atoms with Crippen LogP contribution in [0.5, 0.6) is 0 Å². The van der Waals surface area contributed by atoms with Crippen LogP contribution in [0.25, 0.3) is 0 Å². The number of hydrogen-bond acceptors (Lipinski definition) is 2. The normalized spacial score (nSPS) is 21.0. The Hall–Kier alpha value is -0.120. The van der Waals surface area contributed by atoms with Crippen molar-refractivity contribution in [3.8, 4) is 0 Å². The van der Waals surface area contributed by atoms with Crippen LogP contribution in [0.4, 0.5) is 0 Å². The van der Waals surface area contributed by atoms with Gasteiger partial charge in [-0.15, -0.1) is 0 Å². The van der Waals surface area contributed by atoms with E-state index in [4.69, 9.17) is 9.84 Å². The van der Waals surface area contributed by atoms with Crippen LogP contribution in [0.2, 0.25) is 0 Å². The van der Waals surface area contributed by atoms with Crippen molar-refractivity contribution in [3.05, 3.63) is 0 Å². The van der Waals surface area contributed by atoms with Crippen molar-refractivity contribution in [2.45, 2.75) is 67.4 Å². The van der Waals surface area contributed by atoms with E-state index in [1.807, 2.05) is 27.7 Å². The van der Waals surface area contributed by atoms with E-state index in [0.717, 1.165) is 12.5 Å². The largest absolute Gasteiger partial charge is 0.412 e. The molecular formula is C13H34O3. The van der Waals surface area contributed by atoms with E-state index in [1.54, 1.807) is 6.92 Å². The average Bonchev–Trinajstić information content (AvgIpc) is 2.71. The minimum atomic E-state index is 0. The molecular weight excluding hydrogens is 204 g/mol. The van der Waals surface area contributed by atoms with Gasteiger partial charge >= 0.3 is 0 Å². The number of ether oxygens (including phenoxy) is 1. The van der Waals surface area contributed by atoms with Crippen LogP contribution < -0.4 is 0 Å². The first-order valence-corrected chi connectivity index (χ1v) is 6.48. The lowest BCUT2D eigenvalue weighted by molar-refractivity contribution is 0.105. The highest BCUT2D eigenvalue weighted by atomic mass is 16.5. The van der Waals surface area contributed by atoms with Crippen molar-refractivity contribution >= 4 is 0 Å². The number of hydrogen-bond donors (Lipinski definition) is 1. The Morgan fingerprint density at radius 3 is 1.62 bits per heavy atom. The molecule has 1 heterocycles. The van der Waals surface area contributed by atoms with Gasteiger partial charge in [0.25, 0.3) is 0 Å². The molecule has 1 aliphatic rings. The van der Waals surface area contributed by atoms with E-state index < -0.39 is 0 Å². The zero-order valence-electron chi connectivity index (χ0n) is 12.3. The minimum Gasteiger partial charge on any atom is -0.412 e. The van der Waals surface area contributed by atoms with E-state index in [0.29, 0.717) is 6.10 Å². The van der Waals surface area contributed by atoms with E-state index >= 15 is 0 Å². The molecule has 0 aromatic rings. The van der Waals surface area contributed by atoms with E-state index in [9.17, 15) is 0 Å². The summed E-state index contributed by atoms with van der Waals surface area (Å²) >= 11 is 0. The molecule has 0 unspecified atom stereocenters. The first-order chi connectivity index (χ1) is 7.26. The van der Waals surface area contributed by atoms with Crippen molar-refractivity contribution in [2.24, 2.45) is 5.92 Å². The number of aliphatic hydroxyl groups is 1. The summed E-state index contributed by atoms with van der Waals surface area (Å²) < 4.78 is 5.36. The van der Waals surface area contributed by atoms with Crippen molar-refractivity contribution in [1.82, 2.24) is 0 Å². The quantitative estimate of drug-likeness (QED) is 0.763. The molecule has 16 heavy (non-hydrogen) atoms. The van der Waals surface area contributed by atoms with Gasteiger partial charge in [-0.25, -0.2) is 0 Å². The molecule has 1 rings (SSSR count). The topological polar surface area (TPSA) is 61.0 Å². The van der Waals surface area contributed by atoms with E-state index in [-0.39, 0.29) is 12.1 Å². The highest BCUT2D eigenvalue weighted by molar-refractivity contribution is 4.70. The summed E-state index contributed by atoms with van der Waals surface area (Å²) in [4.78, 5) is 0. The van der Waals surface area contributed by atoms with Crippen LogP contribution in [0, 0.1) is 5.92 Å². The van der Waals surface area contributed by atoms with Crippen LogP contribution in [-0.2, 0) is 4.74 Å². The Morgan fingerprint density at radius 1 is 1.12 bits per heavy atom. The number of aliphatic hydroxyl groups excluding tert-OH is 1. The summed E-state index contributed by atoms with van der Waals surface area (Å²) in [6.45, 7) is 15.3. The zero-order valence-corrected chi connectivity index (χ0v) is 12.3. The second-order valence-electron chi connectivity index (χ2n) is 2.85. The molecule has 0 amide bonds. The number of rotatable bonds is 1. The van der Waals surface area contributed by atoms with Crippen LogP contribution in [0.1, 0.15) is 61.3 Å². The second kappa shape index (κ2) is 24.2. The van der Waals surface area contributed by atoms with Crippen LogP contribution in [-0.4, -0.2) is 29.9 Å². The van der Waals surface area contributed by atoms with Gasteiger partial charge in [-0.1, -0.05) is 41.0 Å². The molecule has 2 atom stereocenters. The Labute approximate surface area is 103 Å². The highest BCUT2D eigenvalue weighted by Gasteiger charge is 2.21. The van der Waals surface area contributed by atoms with Gasteiger partial charge < -0.3 is 15.3 Å². The molecule has 0 saturated carbocycles. The van der Waals surface area contributed by atoms with Gasteiger partial charge in [0, 0.05) is 13.2 Å². The van der Waals surface area contributed by atoms with Crippen molar-refractivity contribution in [2.75, 3.05) is 13.2 Å². The summed E-state index contributed by atoms with van der Waals surface area (Å²) in [5.41, 5.74) is 0. The Morgan fingerprint density at radius 2 is 1.50 bits per heavy atom. The third-order valence-electron chi connectivity index (χ3n) is 2.06. The molecule has 0 radical (unpaired) electrons. The van der Waals surface area contributed by atoms with Gasteiger partial charge in [0.1, 0.15) is 0 Å². The maximum atomic E-state index is 7.57. The molecule has 1 aliphatic heterocycles. The summed E-state index contributed by atoms with van der Waals surface area (Å²) in [7, 11) is 0. The average molecular weight is 238 g/mol. The standard InChI is InChI=1S/C7H14O.C2H6O.2C2H6.H2O/c1-3-7-4-5-8-6(7)2;1-2-3;2*1-2;/h6-7H,3-5H2,1-2H3;3H,2H2,1H3;2*1-2H3;1H2/t6-,7-;;;;/m0..../s1. The van der Waals surface area contributed by atoms with Crippen molar-refractivity contribution in [1.29, 1.82) is 0 Å². The lowest BCUT2D eigenvalue weighted by Crippen LogP contribution is -2.09. The molecule has 0 aromatic carbocycles. The van der Waals surface area contributed by atoms with Crippen LogP contribution in [0.3, 0.4) is 0 Å². The Kier molecular flexibility index (Phi) is 37.7. The third kappa shape index (κ3) is 16.3. The highest BCUT2D eigenvalue weighted by Crippen LogP contribution is 2.22. The lowest BCUT2D eigenvalue weighted by atomic mass is 10.0. The monoisotopic (exact) mass is 238 g/mol. The molecule has 1 saturated heterocycles. The van der Waals surface area contributed by atoms with Gasteiger partial charge in [0.05, 0.1) is 6.10 Å². The molecule has 3 nitrogen and oxygen atoms in total. The smallest absolute Gasteiger partial charge is 0.0575 e. The fourth-order valence-electron chi connectivity index (χ4n) is 1.31. The summed E-state index contributed by atoms with van der Waals surface area (Å²) in [6, 6.07) is 0. The molecule has 3 heteroatoms. The molecule has 0 bridgehead atoms. The molecule has 1 fully saturated rings. The molecule has 0 aliphatic carbocycles. The van der Waals surface area contributed by atoms with Gasteiger partial charge in [-0.3, -0.25) is 0 Å². The predicted molar refractivity (Wildman–Crippen MR) is 72.9 cm³/mol. The second-order valence-corrected chi connectivity index (χ2v) is 2.85. The van der Waals surface area contributed by atoms with Crippen molar-refractivity contribution < 1.29 is 15.3 Å². The summed E-state index contributed by atoms with van der Waals surface area (Å²) in [5, 5.41) is 7.57. The maximum absolute atomic E-state index is 7.57. The maximum Gasteiger partial charge on any atom is 0.0575 e. The molecule has 104 valence electrons. The molecule has 0 aromatic heterocycles. The summed E-state index contributed by atoms with van der Waals surface area (Å²) in [5.74, 6) is 0.843. The Bertz CT molecular complexity index is 87.2. The van der Waals surface area contributed by atoms with E-state index in [2.05, 4.69) is 13.8 Å². The zero-order chi connectivity index (χ0) is 12.7. The van der Waals surface area contributed by atoms with Gasteiger partial charge in [-0.05, 0) is 26.2 Å². The molecule has 3 N–H and O–H groups in total. The third-order valence-corrected chi connectivity index (χ3v) is 2.06. The van der Waals surface area contributed by atoms with Gasteiger partial charge in [0.2, 0.25) is 0 Å². The minimum absolute atomic E-state index is 0. The predicted octanol–water partition coefficient (Wildman–Crippen LogP) is 3.05. The fraction of sp³-hybridized carbons (Fsp3) is 1.00.